The van der Waals surface area contributed by atoms with Crippen LogP contribution in [0.5, 0.6) is 0 Å². The first-order valence-electron chi connectivity index (χ1n) is 4.54. The first-order chi connectivity index (χ1) is 5.74. The predicted molar refractivity (Wildman–Crippen MR) is 48.7 cm³/mol. The average Bonchev–Trinajstić information content (AvgIpc) is 2.07. The number of piperidine rings is 1. The number of hydrogen-bond acceptors (Lipinski definition) is 3. The van der Waals surface area contributed by atoms with E-state index in [-0.39, 0.29) is 0 Å². The predicted octanol–water partition coefficient (Wildman–Crippen LogP) is 0.582. The summed E-state index contributed by atoms with van der Waals surface area (Å²) in [7, 11) is 2.16. The van der Waals surface area contributed by atoms with E-state index in [1.807, 2.05) is 0 Å². The summed E-state index contributed by atoms with van der Waals surface area (Å²) in [5.74, 6) is 0. The van der Waals surface area contributed by atoms with Crippen LogP contribution in [0.1, 0.15) is 19.8 Å². The standard InChI is InChI=1S/C9H17N3/c1-8-7-9(11-5-4-10)3-6-12(8)2/h8-9,11H,3,5-7H2,1-2H3. The molecule has 1 aliphatic rings. The molecule has 1 saturated heterocycles. The molecule has 68 valence electrons. The largest absolute Gasteiger partial charge is 0.304 e. The maximum atomic E-state index is 8.39. The van der Waals surface area contributed by atoms with Gasteiger partial charge in [-0.25, -0.2) is 0 Å². The Kier molecular flexibility index (Phi) is 3.51. The fourth-order valence-electron chi connectivity index (χ4n) is 1.66. The van der Waals surface area contributed by atoms with Crippen molar-refractivity contribution in [2.24, 2.45) is 0 Å². The van der Waals surface area contributed by atoms with Gasteiger partial charge in [-0.3, -0.25) is 0 Å². The smallest absolute Gasteiger partial charge is 0.0843 e. The van der Waals surface area contributed by atoms with Crippen LogP contribution in [0.15, 0.2) is 0 Å². The molecule has 0 aromatic heterocycles. The molecule has 12 heavy (non-hydrogen) atoms. The van der Waals surface area contributed by atoms with E-state index in [0.717, 1.165) is 13.0 Å². The van der Waals surface area contributed by atoms with Crippen molar-refractivity contribution in [3.8, 4) is 6.07 Å². The second kappa shape index (κ2) is 4.44. The van der Waals surface area contributed by atoms with E-state index >= 15 is 0 Å². The first kappa shape index (κ1) is 9.50. The highest BCUT2D eigenvalue weighted by molar-refractivity contribution is 4.84. The summed E-state index contributed by atoms with van der Waals surface area (Å²) in [4.78, 5) is 2.37. The fourth-order valence-corrected chi connectivity index (χ4v) is 1.66. The minimum Gasteiger partial charge on any atom is -0.304 e. The van der Waals surface area contributed by atoms with Gasteiger partial charge >= 0.3 is 0 Å². The normalized spacial score (nSPS) is 31.4. The summed E-state index contributed by atoms with van der Waals surface area (Å²) in [6.07, 6.45) is 2.33. The third-order valence-corrected chi connectivity index (χ3v) is 2.68. The zero-order chi connectivity index (χ0) is 8.97. The van der Waals surface area contributed by atoms with Crippen molar-refractivity contribution in [1.82, 2.24) is 10.2 Å². The molecule has 2 atom stereocenters. The molecule has 0 aliphatic carbocycles. The van der Waals surface area contributed by atoms with Gasteiger partial charge in [0.2, 0.25) is 0 Å². The molecule has 3 heteroatoms. The van der Waals surface area contributed by atoms with Gasteiger partial charge in [-0.2, -0.15) is 5.26 Å². The highest BCUT2D eigenvalue weighted by Gasteiger charge is 2.21. The van der Waals surface area contributed by atoms with Gasteiger partial charge in [0.1, 0.15) is 0 Å². The Morgan fingerprint density at radius 2 is 2.42 bits per heavy atom. The Hall–Kier alpha value is -0.590. The van der Waals surface area contributed by atoms with Gasteiger partial charge in [0, 0.05) is 12.1 Å². The van der Waals surface area contributed by atoms with Crippen LogP contribution in [0.3, 0.4) is 0 Å². The van der Waals surface area contributed by atoms with E-state index in [9.17, 15) is 0 Å². The van der Waals surface area contributed by atoms with Gasteiger partial charge < -0.3 is 10.2 Å². The van der Waals surface area contributed by atoms with Crippen molar-refractivity contribution in [3.05, 3.63) is 0 Å². The highest BCUT2D eigenvalue weighted by atomic mass is 15.1. The highest BCUT2D eigenvalue weighted by Crippen LogP contribution is 2.14. The van der Waals surface area contributed by atoms with Crippen molar-refractivity contribution in [3.63, 3.8) is 0 Å². The molecule has 0 amide bonds. The van der Waals surface area contributed by atoms with Crippen molar-refractivity contribution < 1.29 is 0 Å². The lowest BCUT2D eigenvalue weighted by molar-refractivity contribution is 0.171. The fraction of sp³-hybridized carbons (Fsp3) is 0.889. The van der Waals surface area contributed by atoms with E-state index in [2.05, 4.69) is 30.3 Å². The Labute approximate surface area is 74.4 Å². The minimum absolute atomic E-state index is 0.487. The summed E-state index contributed by atoms with van der Waals surface area (Å²) in [6, 6.07) is 3.32. The number of nitrogens with one attached hydrogen (secondary N) is 1. The van der Waals surface area contributed by atoms with Gasteiger partial charge in [-0.1, -0.05) is 0 Å². The van der Waals surface area contributed by atoms with Gasteiger partial charge in [0.15, 0.2) is 0 Å². The van der Waals surface area contributed by atoms with E-state index in [4.69, 9.17) is 5.26 Å². The van der Waals surface area contributed by atoms with E-state index < -0.39 is 0 Å². The van der Waals surface area contributed by atoms with E-state index in [1.165, 1.54) is 6.42 Å². The number of hydrogen-bond donors (Lipinski definition) is 1. The molecule has 0 radical (unpaired) electrons. The maximum absolute atomic E-state index is 8.39. The molecule has 0 aromatic carbocycles. The van der Waals surface area contributed by atoms with Crippen LogP contribution in [-0.2, 0) is 0 Å². The van der Waals surface area contributed by atoms with Crippen molar-refractivity contribution in [2.75, 3.05) is 20.1 Å². The topological polar surface area (TPSA) is 39.1 Å². The molecule has 1 fully saturated rings. The van der Waals surface area contributed by atoms with Crippen LogP contribution >= 0.6 is 0 Å². The molecule has 0 aromatic rings. The third-order valence-electron chi connectivity index (χ3n) is 2.68. The van der Waals surface area contributed by atoms with Gasteiger partial charge in [0.05, 0.1) is 12.6 Å². The molecule has 0 bridgehead atoms. The number of nitrogens with zero attached hydrogens (tertiary/aromatic N) is 2. The van der Waals surface area contributed by atoms with Gasteiger partial charge in [-0.05, 0) is 33.4 Å². The molecule has 2 unspecified atom stereocenters. The molecule has 1 heterocycles. The average molecular weight is 167 g/mol. The monoisotopic (exact) mass is 167 g/mol. The lowest BCUT2D eigenvalue weighted by Crippen LogP contribution is -2.45. The Balaban J connectivity index is 2.26. The number of nitriles is 1. The number of likely N-dealkylation sites (tertiary alicyclic amines) is 1. The van der Waals surface area contributed by atoms with Crippen LogP contribution in [0, 0.1) is 11.3 Å². The van der Waals surface area contributed by atoms with Crippen LogP contribution in [0.2, 0.25) is 0 Å². The lowest BCUT2D eigenvalue weighted by Gasteiger charge is -2.35. The van der Waals surface area contributed by atoms with E-state index in [1.54, 1.807) is 0 Å². The Morgan fingerprint density at radius 1 is 1.67 bits per heavy atom. The van der Waals surface area contributed by atoms with Gasteiger partial charge in [0.25, 0.3) is 0 Å². The molecule has 0 saturated carbocycles. The lowest BCUT2D eigenvalue weighted by atomic mass is 9.99. The van der Waals surface area contributed by atoms with Crippen molar-refractivity contribution in [2.45, 2.75) is 31.8 Å². The summed E-state index contributed by atoms with van der Waals surface area (Å²) >= 11 is 0. The summed E-state index contributed by atoms with van der Waals surface area (Å²) < 4.78 is 0. The molecule has 1 N–H and O–H groups in total. The number of rotatable bonds is 2. The molecule has 1 rings (SSSR count). The Morgan fingerprint density at radius 3 is 3.00 bits per heavy atom. The summed E-state index contributed by atoms with van der Waals surface area (Å²) in [6.45, 7) is 3.87. The summed E-state index contributed by atoms with van der Waals surface area (Å²) in [5.41, 5.74) is 0. The van der Waals surface area contributed by atoms with Crippen molar-refractivity contribution >= 4 is 0 Å². The molecule has 3 nitrogen and oxygen atoms in total. The maximum Gasteiger partial charge on any atom is 0.0843 e. The quantitative estimate of drug-likeness (QED) is 0.612. The second-order valence-electron chi connectivity index (χ2n) is 3.59. The van der Waals surface area contributed by atoms with Crippen LogP contribution in [0.25, 0.3) is 0 Å². The van der Waals surface area contributed by atoms with Crippen LogP contribution in [-0.4, -0.2) is 37.1 Å². The van der Waals surface area contributed by atoms with E-state index in [0.29, 0.717) is 18.6 Å². The molecular formula is C9H17N3. The molecular weight excluding hydrogens is 150 g/mol. The molecule has 0 spiro atoms. The van der Waals surface area contributed by atoms with Crippen LogP contribution in [0.4, 0.5) is 0 Å². The third kappa shape index (κ3) is 2.47. The zero-order valence-electron chi connectivity index (χ0n) is 7.88. The first-order valence-corrected chi connectivity index (χ1v) is 4.54. The SMILES string of the molecule is CC1CC(NCC#N)CCN1C. The van der Waals surface area contributed by atoms with Gasteiger partial charge in [-0.15, -0.1) is 0 Å². The van der Waals surface area contributed by atoms with Crippen LogP contribution < -0.4 is 5.32 Å². The van der Waals surface area contributed by atoms with Crippen molar-refractivity contribution in [1.29, 1.82) is 5.26 Å². The minimum atomic E-state index is 0.487. The molecule has 1 aliphatic heterocycles. The summed E-state index contributed by atoms with van der Waals surface area (Å²) in [5, 5.41) is 11.6. The Bertz CT molecular complexity index is 173. The second-order valence-corrected chi connectivity index (χ2v) is 3.59. The zero-order valence-corrected chi connectivity index (χ0v) is 7.88.